The van der Waals surface area contributed by atoms with Gasteiger partial charge < -0.3 is 14.6 Å². The maximum absolute atomic E-state index is 13.5. The first-order chi connectivity index (χ1) is 12.3. The molecule has 27 heavy (non-hydrogen) atoms. The van der Waals surface area contributed by atoms with Crippen molar-refractivity contribution in [3.05, 3.63) is 0 Å². The minimum Gasteiger partial charge on any atom is -0.463 e. The Bertz CT molecular complexity index is 628. The molecule has 3 aliphatic rings. The molecule has 2 aliphatic carbocycles. The number of carbonyl (C=O) groups excluding carboxylic acids is 2. The van der Waals surface area contributed by atoms with Crippen LogP contribution in [0.15, 0.2) is 0 Å². The highest BCUT2D eigenvalue weighted by molar-refractivity contribution is 5.85. The zero-order valence-electron chi connectivity index (χ0n) is 17.8. The Morgan fingerprint density at radius 3 is 2.52 bits per heavy atom. The Balaban J connectivity index is 1.89. The van der Waals surface area contributed by atoms with Crippen molar-refractivity contribution in [2.24, 2.45) is 22.7 Å². The Hall–Kier alpha value is -0.940. The fourth-order valence-electron chi connectivity index (χ4n) is 6.90. The number of Topliss-reactive ketones (excluding diaryl/α,β-unsaturated/α-hetero) is 1. The number of fused-ring (bicyclic) bond motifs is 3. The van der Waals surface area contributed by atoms with Gasteiger partial charge in [-0.2, -0.15) is 0 Å². The maximum atomic E-state index is 13.5. The van der Waals surface area contributed by atoms with Crippen LogP contribution in [0.3, 0.4) is 0 Å². The molecule has 6 atom stereocenters. The van der Waals surface area contributed by atoms with E-state index in [0.717, 1.165) is 25.7 Å². The van der Waals surface area contributed by atoms with Crippen molar-refractivity contribution in [3.63, 3.8) is 0 Å². The number of ether oxygens (including phenoxy) is 2. The summed E-state index contributed by atoms with van der Waals surface area (Å²) in [6.07, 6.45) is 4.43. The zero-order valence-corrected chi connectivity index (χ0v) is 17.8. The van der Waals surface area contributed by atoms with E-state index >= 15 is 0 Å². The van der Waals surface area contributed by atoms with Gasteiger partial charge in [-0.1, -0.05) is 27.2 Å². The molecule has 0 bridgehead atoms. The highest BCUT2D eigenvalue weighted by Gasteiger charge is 2.65. The van der Waals surface area contributed by atoms with Crippen molar-refractivity contribution >= 4 is 11.8 Å². The molecular weight excluding hydrogens is 344 g/mol. The molecule has 1 aliphatic heterocycles. The van der Waals surface area contributed by atoms with Gasteiger partial charge in [-0.15, -0.1) is 0 Å². The normalized spacial score (nSPS) is 44.8. The Kier molecular flexibility index (Phi) is 5.04. The van der Waals surface area contributed by atoms with Crippen LogP contribution in [0.5, 0.6) is 0 Å². The van der Waals surface area contributed by atoms with Crippen molar-refractivity contribution in [1.29, 1.82) is 0 Å². The standard InChI is InChI=1S/C22H36O5/c1-14(23)26-13-17(25)22(6)12-15(24)18-20(4)10-7-9-19(2,3)16(20)8-11-21(18,5)27-22/h16-18,25H,7-13H2,1-6H3. The molecule has 0 spiro atoms. The van der Waals surface area contributed by atoms with Crippen LogP contribution < -0.4 is 0 Å². The third kappa shape index (κ3) is 3.35. The fraction of sp³-hybridized carbons (Fsp3) is 0.909. The molecule has 0 amide bonds. The summed E-state index contributed by atoms with van der Waals surface area (Å²) in [4.78, 5) is 24.6. The van der Waals surface area contributed by atoms with Crippen LogP contribution in [-0.4, -0.2) is 40.8 Å². The SMILES string of the molecule is CC(=O)OCC(O)C1(C)CC(=O)C2C(C)(CCC3C(C)(C)CCCC32C)O1. The molecule has 6 unspecified atom stereocenters. The summed E-state index contributed by atoms with van der Waals surface area (Å²) in [5.74, 6) is 0.122. The molecule has 3 fully saturated rings. The highest BCUT2D eigenvalue weighted by Crippen LogP contribution is 2.64. The number of aliphatic hydroxyl groups is 1. The third-order valence-corrected chi connectivity index (χ3v) is 7.94. The molecule has 0 aromatic heterocycles. The summed E-state index contributed by atoms with van der Waals surface area (Å²) >= 11 is 0. The van der Waals surface area contributed by atoms with Crippen LogP contribution in [0.1, 0.15) is 80.1 Å². The summed E-state index contributed by atoms with van der Waals surface area (Å²) in [6, 6.07) is 0. The van der Waals surface area contributed by atoms with Gasteiger partial charge in [0.25, 0.3) is 0 Å². The van der Waals surface area contributed by atoms with Crippen LogP contribution in [0.2, 0.25) is 0 Å². The number of rotatable bonds is 3. The summed E-state index contributed by atoms with van der Waals surface area (Å²) in [6.45, 7) is 12.0. The molecule has 2 saturated carbocycles. The quantitative estimate of drug-likeness (QED) is 0.757. The van der Waals surface area contributed by atoms with E-state index in [-0.39, 0.29) is 35.6 Å². The van der Waals surface area contributed by atoms with E-state index < -0.39 is 23.3 Å². The largest absolute Gasteiger partial charge is 0.463 e. The second-order valence-electron chi connectivity index (χ2n) is 10.6. The first kappa shape index (κ1) is 20.8. The van der Waals surface area contributed by atoms with Crippen LogP contribution >= 0.6 is 0 Å². The van der Waals surface area contributed by atoms with Crippen LogP contribution in [-0.2, 0) is 19.1 Å². The molecule has 0 aromatic carbocycles. The Labute approximate surface area is 163 Å². The van der Waals surface area contributed by atoms with Gasteiger partial charge >= 0.3 is 5.97 Å². The van der Waals surface area contributed by atoms with Crippen LogP contribution in [0.4, 0.5) is 0 Å². The van der Waals surface area contributed by atoms with Gasteiger partial charge in [0.05, 0.1) is 11.5 Å². The average molecular weight is 381 g/mol. The van der Waals surface area contributed by atoms with Gasteiger partial charge in [-0.25, -0.2) is 0 Å². The van der Waals surface area contributed by atoms with Gasteiger partial charge in [-0.3, -0.25) is 9.59 Å². The van der Waals surface area contributed by atoms with E-state index in [2.05, 4.69) is 27.7 Å². The molecule has 3 rings (SSSR count). The monoisotopic (exact) mass is 380 g/mol. The van der Waals surface area contributed by atoms with Crippen molar-refractivity contribution in [3.8, 4) is 0 Å². The molecule has 154 valence electrons. The molecular formula is C22H36O5. The lowest BCUT2D eigenvalue weighted by atomic mass is 9.44. The number of hydrogen-bond acceptors (Lipinski definition) is 5. The fourth-order valence-corrected chi connectivity index (χ4v) is 6.90. The van der Waals surface area contributed by atoms with Crippen molar-refractivity contribution < 1.29 is 24.2 Å². The summed E-state index contributed by atoms with van der Waals surface area (Å²) < 4.78 is 11.5. The lowest BCUT2D eigenvalue weighted by Gasteiger charge is -2.64. The average Bonchev–Trinajstić information content (AvgIpc) is 2.49. The molecule has 1 saturated heterocycles. The van der Waals surface area contributed by atoms with Gasteiger partial charge in [0.1, 0.15) is 24.1 Å². The summed E-state index contributed by atoms with van der Waals surface area (Å²) in [5.41, 5.74) is -1.43. The topological polar surface area (TPSA) is 72.8 Å². The molecule has 1 heterocycles. The molecule has 5 nitrogen and oxygen atoms in total. The zero-order chi connectivity index (χ0) is 20.3. The van der Waals surface area contributed by atoms with Crippen molar-refractivity contribution in [2.45, 2.75) is 97.4 Å². The van der Waals surface area contributed by atoms with Crippen molar-refractivity contribution in [2.75, 3.05) is 6.61 Å². The van der Waals surface area contributed by atoms with E-state index in [4.69, 9.17) is 9.47 Å². The molecule has 5 heteroatoms. The lowest BCUT2D eigenvalue weighted by molar-refractivity contribution is -0.272. The van der Waals surface area contributed by atoms with Crippen LogP contribution in [0.25, 0.3) is 0 Å². The van der Waals surface area contributed by atoms with Crippen LogP contribution in [0, 0.1) is 22.7 Å². The highest BCUT2D eigenvalue weighted by atomic mass is 16.6. The summed E-state index contributed by atoms with van der Waals surface area (Å²) in [7, 11) is 0. The first-order valence-corrected chi connectivity index (χ1v) is 10.4. The van der Waals surface area contributed by atoms with Gasteiger partial charge in [0, 0.05) is 13.3 Å². The van der Waals surface area contributed by atoms with Gasteiger partial charge in [-0.05, 0) is 56.3 Å². The van der Waals surface area contributed by atoms with E-state index in [9.17, 15) is 14.7 Å². The predicted octanol–water partition coefficient (Wildman–Crippen LogP) is 3.66. The Morgan fingerprint density at radius 1 is 1.22 bits per heavy atom. The van der Waals surface area contributed by atoms with Gasteiger partial charge in [0.2, 0.25) is 0 Å². The maximum Gasteiger partial charge on any atom is 0.302 e. The molecule has 0 radical (unpaired) electrons. The van der Waals surface area contributed by atoms with Gasteiger partial charge in [0.15, 0.2) is 0 Å². The number of hydrogen-bond donors (Lipinski definition) is 1. The first-order valence-electron chi connectivity index (χ1n) is 10.4. The smallest absolute Gasteiger partial charge is 0.302 e. The third-order valence-electron chi connectivity index (χ3n) is 7.94. The second-order valence-corrected chi connectivity index (χ2v) is 10.6. The van der Waals surface area contributed by atoms with E-state index in [1.807, 2.05) is 0 Å². The molecule has 0 aromatic rings. The van der Waals surface area contributed by atoms with Crippen molar-refractivity contribution in [1.82, 2.24) is 0 Å². The second kappa shape index (κ2) is 6.55. The number of aliphatic hydroxyl groups excluding tert-OH is 1. The number of esters is 1. The molecule has 1 N–H and O–H groups in total. The van der Waals surface area contributed by atoms with E-state index in [1.54, 1.807) is 6.92 Å². The minimum atomic E-state index is -1.02. The summed E-state index contributed by atoms with van der Waals surface area (Å²) in [5, 5.41) is 10.6. The predicted molar refractivity (Wildman–Crippen MR) is 102 cm³/mol. The minimum absolute atomic E-state index is 0.0615. The van der Waals surface area contributed by atoms with E-state index in [1.165, 1.54) is 13.3 Å². The Morgan fingerprint density at radius 2 is 1.89 bits per heavy atom. The number of ketones is 1. The number of carbonyl (C=O) groups is 2. The lowest BCUT2D eigenvalue weighted by Crippen LogP contribution is -2.68. The van der Waals surface area contributed by atoms with E-state index in [0.29, 0.717) is 5.92 Å².